The molecule has 0 rings (SSSR count). The SMILES string of the molecule is O=C(O)C(F)(F)C(F)(F)OC(F)(F)C(F)(F)OC(F)(F)C(F)(F)F. The fourth-order valence-corrected chi connectivity index (χ4v) is 0.687. The number of hydrogen-bond acceptors (Lipinski definition) is 3. The van der Waals surface area contributed by atoms with Crippen LogP contribution in [0.3, 0.4) is 0 Å². The van der Waals surface area contributed by atoms with Gasteiger partial charge in [-0.3, -0.25) is 0 Å². The van der Waals surface area contributed by atoms with Crippen LogP contribution in [0.1, 0.15) is 0 Å². The van der Waals surface area contributed by atoms with Gasteiger partial charge in [0.25, 0.3) is 0 Å². The molecule has 0 spiro atoms. The molecule has 0 atom stereocenters. The summed E-state index contributed by atoms with van der Waals surface area (Å²) in [6.45, 7) is 0. The second-order valence-corrected chi connectivity index (χ2v) is 3.65. The van der Waals surface area contributed by atoms with Crippen LogP contribution in [0.25, 0.3) is 0 Å². The molecular formula is C7HF13O4. The fraction of sp³-hybridized carbons (Fsp3) is 0.857. The number of aliphatic carboxylic acids is 1. The molecule has 0 unspecified atom stereocenters. The number of ether oxygens (including phenoxy) is 2. The second kappa shape index (κ2) is 5.78. The molecule has 24 heavy (non-hydrogen) atoms. The Bertz CT molecular complexity index is 481. The van der Waals surface area contributed by atoms with Gasteiger partial charge in [0.2, 0.25) is 0 Å². The minimum atomic E-state index is -7.23. The first-order valence-electron chi connectivity index (χ1n) is 4.70. The summed E-state index contributed by atoms with van der Waals surface area (Å²) in [5.74, 6) is -10.5. The summed E-state index contributed by atoms with van der Waals surface area (Å²) in [5, 5.41) is 7.63. The van der Waals surface area contributed by atoms with Crippen molar-refractivity contribution in [3.05, 3.63) is 0 Å². The minimum absolute atomic E-state index is 1.38. The zero-order valence-electron chi connectivity index (χ0n) is 10.1. The van der Waals surface area contributed by atoms with E-state index in [4.69, 9.17) is 5.11 Å². The number of carbonyl (C=O) groups is 1. The number of carboxylic acid groups (broad SMARTS) is 1. The van der Waals surface area contributed by atoms with Crippen LogP contribution >= 0.6 is 0 Å². The van der Waals surface area contributed by atoms with Gasteiger partial charge in [0.05, 0.1) is 0 Å². The number of rotatable bonds is 7. The Kier molecular flexibility index (Phi) is 5.41. The van der Waals surface area contributed by atoms with Crippen LogP contribution in [0.2, 0.25) is 0 Å². The van der Waals surface area contributed by atoms with Gasteiger partial charge in [0.15, 0.2) is 0 Å². The number of alkyl halides is 13. The van der Waals surface area contributed by atoms with E-state index < -0.39 is 42.5 Å². The third-order valence-electron chi connectivity index (χ3n) is 1.82. The molecule has 0 aliphatic rings. The molecule has 0 amide bonds. The second-order valence-electron chi connectivity index (χ2n) is 3.65. The molecule has 0 aliphatic heterocycles. The molecule has 0 aromatic heterocycles. The van der Waals surface area contributed by atoms with Gasteiger partial charge in [-0.2, -0.15) is 57.1 Å². The van der Waals surface area contributed by atoms with Gasteiger partial charge in [0, 0.05) is 0 Å². The summed E-state index contributed by atoms with van der Waals surface area (Å²) < 4.78 is 162. The van der Waals surface area contributed by atoms with Crippen LogP contribution in [0.5, 0.6) is 0 Å². The Hall–Kier alpha value is -1.52. The average molecular weight is 396 g/mol. The minimum Gasteiger partial charge on any atom is -0.477 e. The quantitative estimate of drug-likeness (QED) is 0.668. The van der Waals surface area contributed by atoms with Crippen LogP contribution in [0.15, 0.2) is 0 Å². The molecule has 0 bridgehead atoms. The summed E-state index contributed by atoms with van der Waals surface area (Å²) in [7, 11) is 0. The molecule has 4 nitrogen and oxygen atoms in total. The van der Waals surface area contributed by atoms with Crippen molar-refractivity contribution in [3.8, 4) is 0 Å². The Morgan fingerprint density at radius 2 is 0.875 bits per heavy atom. The van der Waals surface area contributed by atoms with E-state index in [1.807, 2.05) is 0 Å². The highest BCUT2D eigenvalue weighted by Gasteiger charge is 2.76. The lowest BCUT2D eigenvalue weighted by Crippen LogP contribution is -2.59. The van der Waals surface area contributed by atoms with E-state index in [2.05, 4.69) is 0 Å². The van der Waals surface area contributed by atoms with Crippen molar-refractivity contribution in [2.45, 2.75) is 36.5 Å². The van der Waals surface area contributed by atoms with Crippen LogP contribution in [0, 0.1) is 0 Å². The fourth-order valence-electron chi connectivity index (χ4n) is 0.687. The third-order valence-corrected chi connectivity index (χ3v) is 1.82. The van der Waals surface area contributed by atoms with Crippen molar-refractivity contribution < 1.29 is 76.5 Å². The van der Waals surface area contributed by atoms with Crippen molar-refractivity contribution in [2.75, 3.05) is 0 Å². The maximum atomic E-state index is 12.6. The van der Waals surface area contributed by atoms with Gasteiger partial charge < -0.3 is 5.11 Å². The van der Waals surface area contributed by atoms with E-state index in [1.165, 1.54) is 9.47 Å². The van der Waals surface area contributed by atoms with Crippen LogP contribution in [-0.4, -0.2) is 47.6 Å². The predicted octanol–water partition coefficient (Wildman–Crippen LogP) is 3.67. The summed E-state index contributed by atoms with van der Waals surface area (Å²) in [4.78, 5) is 9.72. The van der Waals surface area contributed by atoms with E-state index in [0.29, 0.717) is 0 Å². The van der Waals surface area contributed by atoms with Gasteiger partial charge in [-0.25, -0.2) is 14.3 Å². The van der Waals surface area contributed by atoms with Crippen LogP contribution in [0.4, 0.5) is 57.1 Å². The van der Waals surface area contributed by atoms with E-state index in [0.717, 1.165) is 0 Å². The summed E-state index contributed by atoms with van der Waals surface area (Å²) >= 11 is 0. The lowest BCUT2D eigenvalue weighted by Gasteiger charge is -2.32. The molecule has 0 aliphatic carbocycles. The summed E-state index contributed by atoms with van der Waals surface area (Å²) in [6.07, 6.45) is -35.5. The van der Waals surface area contributed by atoms with E-state index in [-0.39, 0.29) is 0 Å². The Morgan fingerprint density at radius 1 is 0.583 bits per heavy atom. The van der Waals surface area contributed by atoms with Crippen molar-refractivity contribution in [3.63, 3.8) is 0 Å². The van der Waals surface area contributed by atoms with Gasteiger partial charge in [-0.1, -0.05) is 0 Å². The molecular weight excluding hydrogens is 395 g/mol. The topological polar surface area (TPSA) is 55.8 Å². The Balaban J connectivity index is 5.62. The van der Waals surface area contributed by atoms with E-state index >= 15 is 0 Å². The summed E-state index contributed by atoms with van der Waals surface area (Å²) in [5.41, 5.74) is 0. The highest BCUT2D eigenvalue weighted by atomic mass is 19.4. The highest BCUT2D eigenvalue weighted by Crippen LogP contribution is 2.49. The predicted molar refractivity (Wildman–Crippen MR) is 40.6 cm³/mol. The molecule has 0 fully saturated rings. The molecule has 0 saturated heterocycles. The normalized spacial score (nSPS) is 15.5. The molecule has 0 heterocycles. The average Bonchev–Trinajstić information content (AvgIpc) is 2.23. The van der Waals surface area contributed by atoms with Gasteiger partial charge in [-0.05, 0) is 0 Å². The third kappa shape index (κ3) is 4.11. The Morgan fingerprint density at radius 3 is 1.12 bits per heavy atom. The number of carboxylic acids is 1. The van der Waals surface area contributed by atoms with Crippen LogP contribution < -0.4 is 0 Å². The zero-order chi connectivity index (χ0) is 20.0. The molecule has 0 radical (unpaired) electrons. The van der Waals surface area contributed by atoms with Crippen molar-refractivity contribution in [1.82, 2.24) is 0 Å². The molecule has 144 valence electrons. The maximum Gasteiger partial charge on any atom is 0.483 e. The van der Waals surface area contributed by atoms with Gasteiger partial charge in [0.1, 0.15) is 0 Å². The van der Waals surface area contributed by atoms with Crippen LogP contribution in [-0.2, 0) is 14.3 Å². The zero-order valence-corrected chi connectivity index (χ0v) is 10.1. The standard InChI is InChI=1S/C7HF13O4/c8-2(9,1(21)22)4(13,14)23-6(17,18)7(19,20)24-5(15,16)3(10,11)12/h(H,21,22). The van der Waals surface area contributed by atoms with Crippen molar-refractivity contribution in [1.29, 1.82) is 0 Å². The number of hydrogen-bond donors (Lipinski definition) is 1. The Labute approximate surface area is 120 Å². The molecule has 0 saturated carbocycles. The maximum absolute atomic E-state index is 12.6. The molecule has 1 N–H and O–H groups in total. The highest BCUT2D eigenvalue weighted by molar-refractivity contribution is 5.76. The largest absolute Gasteiger partial charge is 0.483 e. The van der Waals surface area contributed by atoms with Crippen molar-refractivity contribution in [2.24, 2.45) is 0 Å². The lowest BCUT2D eigenvalue weighted by atomic mass is 10.3. The molecule has 0 aromatic carbocycles. The summed E-state index contributed by atoms with van der Waals surface area (Å²) in [6, 6.07) is 0. The van der Waals surface area contributed by atoms with E-state index in [9.17, 15) is 61.9 Å². The number of halogens is 13. The molecule has 0 aromatic rings. The van der Waals surface area contributed by atoms with Gasteiger partial charge >= 0.3 is 42.5 Å². The first-order valence-corrected chi connectivity index (χ1v) is 4.70. The molecule has 17 heteroatoms. The van der Waals surface area contributed by atoms with E-state index in [1.54, 1.807) is 0 Å². The smallest absolute Gasteiger partial charge is 0.477 e. The first kappa shape index (κ1) is 22.5. The lowest BCUT2D eigenvalue weighted by molar-refractivity contribution is -0.544. The van der Waals surface area contributed by atoms with Crippen molar-refractivity contribution >= 4 is 5.97 Å². The monoisotopic (exact) mass is 396 g/mol. The first-order chi connectivity index (χ1) is 10.1. The van der Waals surface area contributed by atoms with Gasteiger partial charge in [-0.15, -0.1) is 0 Å².